The Hall–Kier alpha value is -2.09. The van der Waals surface area contributed by atoms with Gasteiger partial charge in [0.15, 0.2) is 11.5 Å². The monoisotopic (exact) mass is 388 g/mol. The van der Waals surface area contributed by atoms with Crippen molar-refractivity contribution in [1.82, 2.24) is 4.57 Å². The fraction of sp³-hybridized carbons (Fsp3) is 0.267. The first-order chi connectivity index (χ1) is 10.9. The minimum absolute atomic E-state index is 0.146. The zero-order valence-electron chi connectivity index (χ0n) is 12.5. The number of halogens is 3. The molecule has 124 valence electrons. The van der Waals surface area contributed by atoms with Crippen LogP contribution in [-0.4, -0.2) is 24.2 Å². The topological polar surface area (TPSA) is 52.5 Å². The first-order valence-corrected chi connectivity index (χ1v) is 7.53. The van der Waals surface area contributed by atoms with Gasteiger partial charge in [0.2, 0.25) is 0 Å². The van der Waals surface area contributed by atoms with Crippen molar-refractivity contribution in [2.24, 2.45) is 0 Å². The highest BCUT2D eigenvalue weighted by Gasteiger charge is 2.15. The first kappa shape index (κ1) is 17.3. The van der Waals surface area contributed by atoms with E-state index in [4.69, 9.17) is 4.74 Å². The van der Waals surface area contributed by atoms with Gasteiger partial charge in [-0.2, -0.15) is 8.78 Å². The Balaban J connectivity index is 2.23. The van der Waals surface area contributed by atoms with E-state index in [1.54, 1.807) is 22.9 Å². The van der Waals surface area contributed by atoms with Gasteiger partial charge in [-0.1, -0.05) is 0 Å². The van der Waals surface area contributed by atoms with Gasteiger partial charge in [0.1, 0.15) is 5.69 Å². The molecule has 5 nitrogen and oxygen atoms in total. The number of hydrogen-bond donors (Lipinski definition) is 1. The molecule has 1 amide bonds. The lowest BCUT2D eigenvalue weighted by atomic mass is 10.2. The lowest BCUT2D eigenvalue weighted by Gasteiger charge is -2.12. The summed E-state index contributed by atoms with van der Waals surface area (Å²) in [6.07, 6.45) is 1.79. The zero-order chi connectivity index (χ0) is 17.0. The Labute approximate surface area is 140 Å². The van der Waals surface area contributed by atoms with Crippen LogP contribution >= 0.6 is 15.9 Å². The van der Waals surface area contributed by atoms with Crippen LogP contribution in [0.5, 0.6) is 11.5 Å². The molecule has 23 heavy (non-hydrogen) atoms. The molecular formula is C15H15BrF2N2O3. The summed E-state index contributed by atoms with van der Waals surface area (Å²) in [5.41, 5.74) is 0.776. The molecule has 0 atom stereocenters. The van der Waals surface area contributed by atoms with Crippen LogP contribution in [-0.2, 0) is 6.54 Å². The molecule has 0 aliphatic heterocycles. The molecule has 0 unspecified atom stereocenters. The molecule has 0 radical (unpaired) electrons. The summed E-state index contributed by atoms with van der Waals surface area (Å²) in [4.78, 5) is 12.3. The van der Waals surface area contributed by atoms with E-state index >= 15 is 0 Å². The molecule has 1 heterocycles. The summed E-state index contributed by atoms with van der Waals surface area (Å²) in [7, 11) is 1.34. The number of aryl methyl sites for hydroxylation is 1. The molecule has 0 saturated carbocycles. The lowest BCUT2D eigenvalue weighted by molar-refractivity contribution is -0.0511. The molecule has 0 aliphatic rings. The van der Waals surface area contributed by atoms with Crippen molar-refractivity contribution in [1.29, 1.82) is 0 Å². The third-order valence-corrected chi connectivity index (χ3v) is 3.51. The molecule has 2 aromatic rings. The molecule has 0 aliphatic carbocycles. The number of carbonyl (C=O) groups is 1. The Morgan fingerprint density at radius 1 is 1.35 bits per heavy atom. The molecule has 2 rings (SSSR count). The van der Waals surface area contributed by atoms with Gasteiger partial charge in [0, 0.05) is 29.0 Å². The number of benzene rings is 1. The fourth-order valence-electron chi connectivity index (χ4n) is 2.06. The van der Waals surface area contributed by atoms with Gasteiger partial charge >= 0.3 is 6.61 Å². The van der Waals surface area contributed by atoms with Gasteiger partial charge in [-0.3, -0.25) is 4.79 Å². The molecule has 1 N–H and O–H groups in total. The van der Waals surface area contributed by atoms with Crippen molar-refractivity contribution in [3.05, 3.63) is 40.6 Å². The molecule has 8 heteroatoms. The number of carbonyl (C=O) groups excluding carboxylic acids is 1. The Kier molecular flexibility index (Phi) is 5.59. The van der Waals surface area contributed by atoms with Crippen LogP contribution in [0.1, 0.15) is 17.4 Å². The maximum atomic E-state index is 12.4. The van der Waals surface area contributed by atoms with Crippen LogP contribution < -0.4 is 14.8 Å². The van der Waals surface area contributed by atoms with Gasteiger partial charge in [-0.05, 0) is 41.1 Å². The number of alkyl halides is 2. The van der Waals surface area contributed by atoms with E-state index in [9.17, 15) is 13.6 Å². The minimum Gasteiger partial charge on any atom is -0.493 e. The Morgan fingerprint density at radius 3 is 2.70 bits per heavy atom. The van der Waals surface area contributed by atoms with Crippen molar-refractivity contribution in [3.63, 3.8) is 0 Å². The molecule has 1 aromatic carbocycles. The summed E-state index contributed by atoms with van der Waals surface area (Å²) < 4.78 is 36.7. The number of rotatable bonds is 6. The minimum atomic E-state index is -2.98. The molecule has 0 fully saturated rings. The Bertz CT molecular complexity index is 704. The molecule has 0 spiro atoms. The maximum absolute atomic E-state index is 12.4. The molecule has 0 bridgehead atoms. The smallest absolute Gasteiger partial charge is 0.387 e. The molecule has 0 saturated heterocycles. The number of anilines is 1. The van der Waals surface area contributed by atoms with Crippen LogP contribution in [0.3, 0.4) is 0 Å². The van der Waals surface area contributed by atoms with E-state index in [0.717, 1.165) is 4.47 Å². The number of aromatic nitrogens is 1. The van der Waals surface area contributed by atoms with Crippen molar-refractivity contribution in [2.75, 3.05) is 12.4 Å². The highest BCUT2D eigenvalue weighted by Crippen LogP contribution is 2.31. The highest BCUT2D eigenvalue weighted by atomic mass is 79.9. The number of nitrogens with one attached hydrogen (secondary N) is 1. The normalized spacial score (nSPS) is 10.7. The van der Waals surface area contributed by atoms with E-state index in [0.29, 0.717) is 17.9 Å². The number of amides is 1. The van der Waals surface area contributed by atoms with E-state index in [-0.39, 0.29) is 17.4 Å². The summed E-state index contributed by atoms with van der Waals surface area (Å²) in [5.74, 6) is -0.346. The van der Waals surface area contributed by atoms with Crippen LogP contribution in [0.25, 0.3) is 0 Å². The predicted octanol–water partition coefficient (Wildman–Crippen LogP) is 4.13. The van der Waals surface area contributed by atoms with E-state index < -0.39 is 6.61 Å². The zero-order valence-corrected chi connectivity index (χ0v) is 14.1. The van der Waals surface area contributed by atoms with Gasteiger partial charge < -0.3 is 19.4 Å². The van der Waals surface area contributed by atoms with Crippen LogP contribution in [0.2, 0.25) is 0 Å². The van der Waals surface area contributed by atoms with E-state index in [1.165, 1.54) is 19.2 Å². The van der Waals surface area contributed by atoms with Crippen LogP contribution in [0.15, 0.2) is 34.9 Å². The summed E-state index contributed by atoms with van der Waals surface area (Å²) in [6.45, 7) is -0.454. The number of nitrogens with zero attached hydrogens (tertiary/aromatic N) is 1. The lowest BCUT2D eigenvalue weighted by Crippen LogP contribution is -2.16. The maximum Gasteiger partial charge on any atom is 0.387 e. The summed E-state index contributed by atoms with van der Waals surface area (Å²) in [5, 5.41) is 2.65. The van der Waals surface area contributed by atoms with Crippen molar-refractivity contribution in [2.45, 2.75) is 20.1 Å². The van der Waals surface area contributed by atoms with Gasteiger partial charge in [0.25, 0.3) is 5.91 Å². The second-order valence-corrected chi connectivity index (χ2v) is 5.44. The van der Waals surface area contributed by atoms with Crippen LogP contribution in [0.4, 0.5) is 14.5 Å². The van der Waals surface area contributed by atoms with Crippen molar-refractivity contribution in [3.8, 4) is 11.5 Å². The fourth-order valence-corrected chi connectivity index (χ4v) is 2.53. The SMILES string of the molecule is CCn1cc(Br)cc1C(=O)Nc1ccc(OC)c(OC(F)F)c1. The first-order valence-electron chi connectivity index (χ1n) is 6.74. The second-order valence-electron chi connectivity index (χ2n) is 4.53. The third kappa shape index (κ3) is 4.22. The van der Waals surface area contributed by atoms with Gasteiger partial charge in [-0.15, -0.1) is 0 Å². The third-order valence-electron chi connectivity index (χ3n) is 3.07. The Morgan fingerprint density at radius 2 is 2.09 bits per heavy atom. The van der Waals surface area contributed by atoms with Gasteiger partial charge in [0.05, 0.1) is 7.11 Å². The predicted molar refractivity (Wildman–Crippen MR) is 85.4 cm³/mol. The number of methoxy groups -OCH3 is 1. The average molecular weight is 389 g/mol. The van der Waals surface area contributed by atoms with Crippen LogP contribution in [0, 0.1) is 0 Å². The van der Waals surface area contributed by atoms with E-state index in [2.05, 4.69) is 26.0 Å². The summed E-state index contributed by atoms with van der Waals surface area (Å²) in [6, 6.07) is 5.96. The summed E-state index contributed by atoms with van der Waals surface area (Å²) >= 11 is 3.31. The molecule has 1 aromatic heterocycles. The van der Waals surface area contributed by atoms with Gasteiger partial charge in [-0.25, -0.2) is 0 Å². The molecular weight excluding hydrogens is 374 g/mol. The number of ether oxygens (including phenoxy) is 2. The second kappa shape index (κ2) is 7.45. The van der Waals surface area contributed by atoms with Crippen molar-refractivity contribution >= 4 is 27.5 Å². The largest absolute Gasteiger partial charge is 0.493 e. The highest BCUT2D eigenvalue weighted by molar-refractivity contribution is 9.10. The van der Waals surface area contributed by atoms with E-state index in [1.807, 2.05) is 6.92 Å². The quantitative estimate of drug-likeness (QED) is 0.809. The van der Waals surface area contributed by atoms with Crippen molar-refractivity contribution < 1.29 is 23.0 Å². The standard InChI is InChI=1S/C15H15BrF2N2O3/c1-3-20-8-9(16)6-11(20)14(21)19-10-4-5-12(22-2)13(7-10)23-15(17)18/h4-8,15H,3H2,1-2H3,(H,19,21). The number of hydrogen-bond acceptors (Lipinski definition) is 3. The average Bonchev–Trinajstić information content (AvgIpc) is 2.88.